The van der Waals surface area contributed by atoms with E-state index >= 15 is 0 Å². The van der Waals surface area contributed by atoms with Crippen LogP contribution in [0.3, 0.4) is 0 Å². The minimum Gasteiger partial charge on any atom is -0.495 e. The fourth-order valence-electron chi connectivity index (χ4n) is 3.30. The monoisotopic (exact) mass is 414 g/mol. The Kier molecular flexibility index (Phi) is 5.20. The molecule has 1 aliphatic heterocycles. The molecule has 1 aromatic carbocycles. The Labute approximate surface area is 169 Å². The molecule has 1 fully saturated rings. The molecule has 9 nitrogen and oxygen atoms in total. The molecule has 3 heterocycles. The van der Waals surface area contributed by atoms with E-state index in [9.17, 15) is 8.42 Å². The lowest BCUT2D eigenvalue weighted by Crippen LogP contribution is -2.49. The van der Waals surface area contributed by atoms with Gasteiger partial charge in [-0.15, -0.1) is 10.2 Å². The summed E-state index contributed by atoms with van der Waals surface area (Å²) in [6.07, 6.45) is 3.48. The highest BCUT2D eigenvalue weighted by Crippen LogP contribution is 2.28. The van der Waals surface area contributed by atoms with Gasteiger partial charge in [0.1, 0.15) is 10.6 Å². The summed E-state index contributed by atoms with van der Waals surface area (Å²) in [6.45, 7) is 3.65. The third-order valence-electron chi connectivity index (χ3n) is 4.88. The summed E-state index contributed by atoms with van der Waals surface area (Å²) >= 11 is 0. The molecule has 0 radical (unpaired) electrons. The van der Waals surface area contributed by atoms with E-state index in [0.29, 0.717) is 43.6 Å². The van der Waals surface area contributed by atoms with E-state index in [2.05, 4.69) is 15.3 Å². The summed E-state index contributed by atoms with van der Waals surface area (Å²) in [5.74, 6) is 1.70. The molecule has 0 unspecified atom stereocenters. The molecule has 29 heavy (non-hydrogen) atoms. The van der Waals surface area contributed by atoms with Gasteiger partial charge in [-0.25, -0.2) is 13.1 Å². The molecule has 0 aliphatic carbocycles. The first-order valence-electron chi connectivity index (χ1n) is 9.22. The van der Waals surface area contributed by atoms with Crippen molar-refractivity contribution < 1.29 is 13.2 Å². The molecule has 4 rings (SSSR count). The maximum Gasteiger partial charge on any atom is 0.246 e. The Morgan fingerprint density at radius 1 is 1.00 bits per heavy atom. The number of aryl methyl sites for hydroxylation is 1. The smallest absolute Gasteiger partial charge is 0.246 e. The molecule has 10 heteroatoms. The van der Waals surface area contributed by atoms with Crippen molar-refractivity contribution in [2.75, 3.05) is 38.2 Å². The standard InChI is InChI=1S/C19H22N6O3S/c1-15-4-5-16(28-2)17(14-15)29(26,27)24-12-10-23(11-13-24)18-6-7-19(22-21-18)25-9-3-8-20-25/h3-9,14H,10-13H2,1-2H3. The first kappa shape index (κ1) is 19.3. The number of methoxy groups -OCH3 is 1. The van der Waals surface area contributed by atoms with Crippen molar-refractivity contribution in [3.63, 3.8) is 0 Å². The number of benzene rings is 1. The van der Waals surface area contributed by atoms with Crippen molar-refractivity contribution in [1.82, 2.24) is 24.3 Å². The summed E-state index contributed by atoms with van der Waals surface area (Å²) in [4.78, 5) is 2.23. The van der Waals surface area contributed by atoms with Gasteiger partial charge in [0, 0.05) is 38.6 Å². The Bertz CT molecular complexity index is 1080. The molecule has 0 spiro atoms. The van der Waals surface area contributed by atoms with E-state index in [1.165, 1.54) is 11.4 Å². The van der Waals surface area contributed by atoms with Gasteiger partial charge >= 0.3 is 0 Å². The molecule has 2 aromatic heterocycles. The van der Waals surface area contributed by atoms with Gasteiger partial charge < -0.3 is 9.64 Å². The Morgan fingerprint density at radius 3 is 2.34 bits per heavy atom. The second-order valence-corrected chi connectivity index (χ2v) is 8.65. The van der Waals surface area contributed by atoms with Gasteiger partial charge in [-0.3, -0.25) is 0 Å². The van der Waals surface area contributed by atoms with Gasteiger partial charge in [0.2, 0.25) is 10.0 Å². The topological polar surface area (TPSA) is 93.5 Å². The van der Waals surface area contributed by atoms with Crippen LogP contribution in [0.25, 0.3) is 5.82 Å². The van der Waals surface area contributed by atoms with Crippen molar-refractivity contribution >= 4 is 15.8 Å². The van der Waals surface area contributed by atoms with Crippen LogP contribution >= 0.6 is 0 Å². The summed E-state index contributed by atoms with van der Waals surface area (Å²) in [5, 5.41) is 12.6. The van der Waals surface area contributed by atoms with Crippen molar-refractivity contribution in [2.24, 2.45) is 0 Å². The van der Waals surface area contributed by atoms with E-state index in [4.69, 9.17) is 4.74 Å². The highest BCUT2D eigenvalue weighted by molar-refractivity contribution is 7.89. The molecule has 1 saturated heterocycles. The normalized spacial score (nSPS) is 15.4. The van der Waals surface area contributed by atoms with E-state index in [1.54, 1.807) is 29.2 Å². The van der Waals surface area contributed by atoms with Gasteiger partial charge in [-0.05, 0) is 42.8 Å². The molecule has 0 saturated carbocycles. The zero-order valence-corrected chi connectivity index (χ0v) is 17.1. The number of hydrogen-bond donors (Lipinski definition) is 0. The second-order valence-electron chi connectivity index (χ2n) is 6.75. The summed E-state index contributed by atoms with van der Waals surface area (Å²) in [7, 11) is -2.16. The molecule has 0 bridgehead atoms. The van der Waals surface area contributed by atoms with Crippen LogP contribution in [0.1, 0.15) is 5.56 Å². The van der Waals surface area contributed by atoms with Crippen LogP contribution in [-0.4, -0.2) is 66.0 Å². The molecule has 1 aliphatic rings. The minimum atomic E-state index is -3.64. The highest BCUT2D eigenvalue weighted by Gasteiger charge is 2.31. The van der Waals surface area contributed by atoms with Crippen molar-refractivity contribution in [3.05, 3.63) is 54.4 Å². The number of sulfonamides is 1. The van der Waals surface area contributed by atoms with Crippen molar-refractivity contribution in [2.45, 2.75) is 11.8 Å². The first-order valence-corrected chi connectivity index (χ1v) is 10.7. The van der Waals surface area contributed by atoms with Crippen LogP contribution in [0.4, 0.5) is 5.82 Å². The molecule has 0 atom stereocenters. The van der Waals surface area contributed by atoms with Crippen LogP contribution in [0.2, 0.25) is 0 Å². The average Bonchev–Trinajstić information content (AvgIpc) is 3.29. The van der Waals surface area contributed by atoms with Crippen molar-refractivity contribution in [3.8, 4) is 11.6 Å². The minimum absolute atomic E-state index is 0.205. The number of piperazine rings is 1. The highest BCUT2D eigenvalue weighted by atomic mass is 32.2. The van der Waals surface area contributed by atoms with E-state index < -0.39 is 10.0 Å². The number of aromatic nitrogens is 4. The van der Waals surface area contributed by atoms with Gasteiger partial charge in [-0.2, -0.15) is 9.40 Å². The average molecular weight is 414 g/mol. The number of nitrogens with zero attached hydrogens (tertiary/aromatic N) is 6. The summed E-state index contributed by atoms with van der Waals surface area (Å²) in [6, 6.07) is 10.7. The van der Waals surface area contributed by atoms with Crippen LogP contribution in [0.15, 0.2) is 53.7 Å². The van der Waals surface area contributed by atoms with Crippen LogP contribution in [-0.2, 0) is 10.0 Å². The zero-order chi connectivity index (χ0) is 20.4. The lowest BCUT2D eigenvalue weighted by Gasteiger charge is -2.34. The molecular weight excluding hydrogens is 392 g/mol. The number of hydrogen-bond acceptors (Lipinski definition) is 7. The maximum absolute atomic E-state index is 13.1. The molecule has 0 amide bonds. The van der Waals surface area contributed by atoms with E-state index in [-0.39, 0.29) is 4.90 Å². The zero-order valence-electron chi connectivity index (χ0n) is 16.3. The Morgan fingerprint density at radius 2 is 1.72 bits per heavy atom. The third-order valence-corrected chi connectivity index (χ3v) is 6.79. The predicted molar refractivity (Wildman–Crippen MR) is 108 cm³/mol. The number of ether oxygens (including phenoxy) is 1. The largest absolute Gasteiger partial charge is 0.495 e. The number of anilines is 1. The lowest BCUT2D eigenvalue weighted by molar-refractivity contribution is 0.373. The Hall–Kier alpha value is -2.98. The maximum atomic E-state index is 13.1. The van der Waals surface area contributed by atoms with Gasteiger partial charge in [0.05, 0.1) is 7.11 Å². The SMILES string of the molecule is COc1ccc(C)cc1S(=O)(=O)N1CCN(c2ccc(-n3cccn3)nn2)CC1. The molecule has 3 aromatic rings. The van der Waals surface area contributed by atoms with Crippen molar-refractivity contribution in [1.29, 1.82) is 0 Å². The molecular formula is C19H22N6O3S. The molecule has 0 N–H and O–H groups in total. The fraction of sp³-hybridized carbons (Fsp3) is 0.316. The van der Waals surface area contributed by atoms with E-state index in [1.807, 2.05) is 36.1 Å². The first-order chi connectivity index (χ1) is 14.0. The number of rotatable bonds is 5. The van der Waals surface area contributed by atoms with Crippen LogP contribution in [0.5, 0.6) is 5.75 Å². The van der Waals surface area contributed by atoms with Gasteiger partial charge in [-0.1, -0.05) is 6.07 Å². The predicted octanol–water partition coefficient (Wildman–Crippen LogP) is 1.49. The quantitative estimate of drug-likeness (QED) is 0.624. The lowest BCUT2D eigenvalue weighted by atomic mass is 10.2. The Balaban J connectivity index is 1.47. The molecule has 152 valence electrons. The second kappa shape index (κ2) is 7.80. The summed E-state index contributed by atoms with van der Waals surface area (Å²) < 4.78 is 34.7. The third kappa shape index (κ3) is 3.81. The van der Waals surface area contributed by atoms with Gasteiger partial charge in [0.25, 0.3) is 0 Å². The summed E-state index contributed by atoms with van der Waals surface area (Å²) in [5.41, 5.74) is 0.871. The fourth-order valence-corrected chi connectivity index (χ4v) is 4.96. The van der Waals surface area contributed by atoms with Crippen LogP contribution in [0, 0.1) is 6.92 Å². The van der Waals surface area contributed by atoms with E-state index in [0.717, 1.165) is 5.56 Å². The van der Waals surface area contributed by atoms with Crippen LogP contribution < -0.4 is 9.64 Å². The van der Waals surface area contributed by atoms with Gasteiger partial charge in [0.15, 0.2) is 11.6 Å².